The Morgan fingerprint density at radius 3 is 2.54 bits per heavy atom. The van der Waals surface area contributed by atoms with Crippen molar-refractivity contribution >= 4 is 12.0 Å². The van der Waals surface area contributed by atoms with Crippen LogP contribution in [0.4, 0.5) is 9.18 Å². The molecule has 1 aliphatic heterocycles. The fourth-order valence-electron chi connectivity index (χ4n) is 6.51. The van der Waals surface area contributed by atoms with Crippen molar-refractivity contribution < 1.29 is 18.7 Å². The molecule has 0 saturated heterocycles. The molecule has 0 unspecified atom stereocenters. The van der Waals surface area contributed by atoms with Crippen LogP contribution in [0.2, 0.25) is 0 Å². The van der Waals surface area contributed by atoms with Crippen molar-refractivity contribution in [2.24, 2.45) is 5.41 Å². The van der Waals surface area contributed by atoms with Crippen LogP contribution in [-0.2, 0) is 16.0 Å². The van der Waals surface area contributed by atoms with Gasteiger partial charge in [-0.3, -0.25) is 4.79 Å². The summed E-state index contributed by atoms with van der Waals surface area (Å²) in [4.78, 5) is 29.6. The number of halogens is 1. The molecule has 1 atom stereocenters. The molecule has 35 heavy (non-hydrogen) atoms. The van der Waals surface area contributed by atoms with Crippen LogP contribution in [0.15, 0.2) is 48.5 Å². The Morgan fingerprint density at radius 1 is 1.11 bits per heavy atom. The minimum absolute atomic E-state index is 0.0763. The Morgan fingerprint density at radius 2 is 1.83 bits per heavy atom. The molecule has 186 valence electrons. The van der Waals surface area contributed by atoms with Gasteiger partial charge in [-0.2, -0.15) is 0 Å². The first-order valence-electron chi connectivity index (χ1n) is 12.9. The Labute approximate surface area is 207 Å². The number of hydrogen-bond acceptors (Lipinski definition) is 3. The van der Waals surface area contributed by atoms with Crippen LogP contribution in [-0.4, -0.2) is 47.5 Å². The van der Waals surface area contributed by atoms with Crippen LogP contribution in [0, 0.1) is 11.2 Å². The third-order valence-electron chi connectivity index (χ3n) is 8.48. The molecule has 2 aromatic rings. The predicted molar refractivity (Wildman–Crippen MR) is 132 cm³/mol. The average Bonchev–Trinajstić information content (AvgIpc) is 2.82. The molecule has 3 fully saturated rings. The monoisotopic (exact) mass is 478 g/mol. The van der Waals surface area contributed by atoms with E-state index < -0.39 is 0 Å². The Bertz CT molecular complexity index is 1080. The summed E-state index contributed by atoms with van der Waals surface area (Å²) in [6.45, 7) is 3.22. The fraction of sp³-hybridized carbons (Fsp3) is 0.517. The van der Waals surface area contributed by atoms with Crippen LogP contribution >= 0.6 is 0 Å². The van der Waals surface area contributed by atoms with E-state index in [1.165, 1.54) is 17.7 Å². The number of carbonyl (C=O) groups is 2. The van der Waals surface area contributed by atoms with E-state index in [0.29, 0.717) is 19.6 Å². The molecule has 1 heterocycles. The minimum atomic E-state index is -0.271. The third kappa shape index (κ3) is 4.32. The number of amides is 2. The summed E-state index contributed by atoms with van der Waals surface area (Å²) in [6.07, 6.45) is 6.71. The summed E-state index contributed by atoms with van der Waals surface area (Å²) in [5, 5.41) is 0. The van der Waals surface area contributed by atoms with Crippen molar-refractivity contribution in [3.63, 3.8) is 0 Å². The van der Waals surface area contributed by atoms with Crippen molar-refractivity contribution in [2.45, 2.75) is 69.9 Å². The predicted octanol–water partition coefficient (Wildman–Crippen LogP) is 5.87. The van der Waals surface area contributed by atoms with Gasteiger partial charge < -0.3 is 14.5 Å². The summed E-state index contributed by atoms with van der Waals surface area (Å²) < 4.78 is 19.0. The first kappa shape index (κ1) is 23.8. The molecule has 2 bridgehead atoms. The Hall–Kier alpha value is -2.89. The number of unbranched alkanes of at least 4 members (excludes halogenated alkanes) is 1. The number of fused-ring (bicyclic) bond motifs is 1. The molecule has 2 aromatic carbocycles. The SMILES string of the molecule is CCCCOC(=O)N(C)C12CC(CCC(=O)N3CCc4ccccc4[C@@H]3c3ccc(F)cc3)(C1)C2. The van der Waals surface area contributed by atoms with Gasteiger partial charge in [0.25, 0.3) is 0 Å². The van der Waals surface area contributed by atoms with Gasteiger partial charge in [-0.1, -0.05) is 49.7 Å². The molecule has 0 radical (unpaired) electrons. The summed E-state index contributed by atoms with van der Waals surface area (Å²) in [5.74, 6) is -0.118. The van der Waals surface area contributed by atoms with E-state index in [1.54, 1.807) is 17.0 Å². The number of nitrogens with zero attached hydrogens (tertiary/aromatic N) is 2. The Kier molecular flexibility index (Phi) is 6.32. The number of carbonyl (C=O) groups excluding carboxylic acids is 2. The number of hydrogen-bond donors (Lipinski definition) is 0. The van der Waals surface area contributed by atoms with Crippen LogP contribution in [0.25, 0.3) is 0 Å². The van der Waals surface area contributed by atoms with Gasteiger partial charge in [0.05, 0.1) is 12.6 Å². The molecule has 3 saturated carbocycles. The normalized spacial score (nSPS) is 26.3. The lowest BCUT2D eigenvalue weighted by molar-refractivity contribution is -0.207. The summed E-state index contributed by atoms with van der Waals surface area (Å²) in [6, 6.07) is 14.6. The molecule has 0 spiro atoms. The van der Waals surface area contributed by atoms with Gasteiger partial charge in [-0.05, 0) is 72.8 Å². The van der Waals surface area contributed by atoms with E-state index in [1.807, 2.05) is 24.1 Å². The molecular formula is C29H35FN2O3. The zero-order valence-corrected chi connectivity index (χ0v) is 20.8. The van der Waals surface area contributed by atoms with E-state index >= 15 is 0 Å². The van der Waals surface area contributed by atoms with Gasteiger partial charge in [0.2, 0.25) is 5.91 Å². The molecule has 5 nitrogen and oxygen atoms in total. The minimum Gasteiger partial charge on any atom is -0.449 e. The van der Waals surface area contributed by atoms with Gasteiger partial charge in [0.1, 0.15) is 5.82 Å². The van der Waals surface area contributed by atoms with E-state index in [-0.39, 0.29) is 34.8 Å². The first-order valence-corrected chi connectivity index (χ1v) is 12.9. The number of ether oxygens (including phenoxy) is 1. The highest BCUT2D eigenvalue weighted by atomic mass is 19.1. The second-order valence-corrected chi connectivity index (χ2v) is 10.8. The van der Waals surface area contributed by atoms with E-state index in [9.17, 15) is 14.0 Å². The molecule has 0 N–H and O–H groups in total. The topological polar surface area (TPSA) is 49.9 Å². The lowest BCUT2D eigenvalue weighted by atomic mass is 9.37. The fourth-order valence-corrected chi connectivity index (χ4v) is 6.51. The van der Waals surface area contributed by atoms with E-state index in [0.717, 1.165) is 56.1 Å². The summed E-state index contributed by atoms with van der Waals surface area (Å²) in [5.41, 5.74) is 3.42. The number of rotatable bonds is 8. The molecular weight excluding hydrogens is 443 g/mol. The highest BCUT2D eigenvalue weighted by Gasteiger charge is 2.70. The van der Waals surface area contributed by atoms with Crippen LogP contribution in [0.1, 0.15) is 74.6 Å². The smallest absolute Gasteiger partial charge is 0.409 e. The van der Waals surface area contributed by atoms with Crippen molar-refractivity contribution in [2.75, 3.05) is 20.2 Å². The summed E-state index contributed by atoms with van der Waals surface area (Å²) >= 11 is 0. The maximum Gasteiger partial charge on any atom is 0.409 e. The average molecular weight is 479 g/mol. The quantitative estimate of drug-likeness (QED) is 0.446. The first-order chi connectivity index (χ1) is 16.9. The molecule has 6 heteroatoms. The number of benzene rings is 2. The van der Waals surface area contributed by atoms with Crippen molar-refractivity contribution in [3.8, 4) is 0 Å². The maximum atomic E-state index is 13.6. The second kappa shape index (κ2) is 9.29. The highest BCUT2D eigenvalue weighted by molar-refractivity contribution is 5.78. The maximum absolute atomic E-state index is 13.6. The largest absolute Gasteiger partial charge is 0.449 e. The van der Waals surface area contributed by atoms with E-state index in [4.69, 9.17) is 4.74 Å². The lowest BCUT2D eigenvalue weighted by Gasteiger charge is -2.73. The summed E-state index contributed by atoms with van der Waals surface area (Å²) in [7, 11) is 1.85. The Balaban J connectivity index is 1.21. The molecule has 6 rings (SSSR count). The molecule has 3 aliphatic carbocycles. The lowest BCUT2D eigenvalue weighted by Crippen LogP contribution is -2.74. The van der Waals surface area contributed by atoms with Crippen molar-refractivity contribution in [3.05, 3.63) is 71.0 Å². The molecule has 2 amide bonds. The molecule has 4 aliphatic rings. The van der Waals surface area contributed by atoms with Gasteiger partial charge in [0.15, 0.2) is 0 Å². The third-order valence-corrected chi connectivity index (χ3v) is 8.48. The van der Waals surface area contributed by atoms with Crippen LogP contribution in [0.5, 0.6) is 0 Å². The highest BCUT2D eigenvalue weighted by Crippen LogP contribution is 2.71. The standard InChI is InChI=1S/C29H35FN2O3/c1-3-4-17-35-27(34)31(2)29-18-28(19-29,20-29)15-13-25(33)32-16-14-21-7-5-6-8-24(21)26(32)22-9-11-23(30)12-10-22/h5-12,26H,3-4,13-20H2,1-2H3/t26-,28?,29?/m0/s1. The van der Waals surface area contributed by atoms with E-state index in [2.05, 4.69) is 19.1 Å². The zero-order chi connectivity index (χ0) is 24.6. The van der Waals surface area contributed by atoms with Crippen molar-refractivity contribution in [1.82, 2.24) is 9.80 Å². The van der Waals surface area contributed by atoms with Gasteiger partial charge >= 0.3 is 6.09 Å². The van der Waals surface area contributed by atoms with Crippen LogP contribution < -0.4 is 0 Å². The van der Waals surface area contributed by atoms with Gasteiger partial charge in [0, 0.05) is 25.6 Å². The second-order valence-electron chi connectivity index (χ2n) is 10.8. The van der Waals surface area contributed by atoms with Crippen molar-refractivity contribution in [1.29, 1.82) is 0 Å². The van der Waals surface area contributed by atoms with Gasteiger partial charge in [-0.25, -0.2) is 9.18 Å². The van der Waals surface area contributed by atoms with Gasteiger partial charge in [-0.15, -0.1) is 0 Å². The molecule has 0 aromatic heterocycles. The van der Waals surface area contributed by atoms with Crippen LogP contribution in [0.3, 0.4) is 0 Å². The zero-order valence-electron chi connectivity index (χ0n) is 20.8.